The second kappa shape index (κ2) is 12.1. The number of piperidine rings is 1. The van der Waals surface area contributed by atoms with E-state index in [1.807, 2.05) is 0 Å². The van der Waals surface area contributed by atoms with Gasteiger partial charge in [-0.2, -0.15) is 4.98 Å². The van der Waals surface area contributed by atoms with E-state index in [1.165, 1.54) is 17.3 Å². The maximum atomic E-state index is 13.0. The predicted molar refractivity (Wildman–Crippen MR) is 165 cm³/mol. The average Bonchev–Trinajstić information content (AvgIpc) is 3.32. The number of benzene rings is 2. The molecular formula is C30H37ClN6O4S. The van der Waals surface area contributed by atoms with Gasteiger partial charge in [0.05, 0.1) is 34.3 Å². The van der Waals surface area contributed by atoms with Gasteiger partial charge in [-0.25, -0.2) is 13.4 Å². The van der Waals surface area contributed by atoms with Crippen LogP contribution in [-0.2, 0) is 21.1 Å². The normalized spacial score (nSPS) is 17.6. The molecule has 3 aromatic rings. The smallest absolute Gasteiger partial charge is 0.231 e. The molecule has 1 atom stereocenters. The molecule has 1 saturated heterocycles. The number of anilines is 4. The van der Waals surface area contributed by atoms with Gasteiger partial charge in [-0.05, 0) is 88.9 Å². The molecule has 0 aliphatic carbocycles. The standard InChI is InChI=1S/C30H37ClN6O4S/c1-17(2)42(39,40)25-8-6-5-7-23(25)34-29-22(31)15-33-30(36-29)35-24-13-18(3)27(21-14-19(4)41-28(21)24)20-9-11-37(12-10-20)16-26(32)38/h5-8,13,15,17,19-20H,9-12,14,16H2,1-4H3,(H2,32,38)(H2,33,34,35,36). The Morgan fingerprint density at radius 3 is 2.60 bits per heavy atom. The van der Waals surface area contributed by atoms with Crippen molar-refractivity contribution in [3.8, 4) is 5.75 Å². The molecule has 0 spiro atoms. The number of carbonyl (C=O) groups excluding carboxylic acids is 1. The van der Waals surface area contributed by atoms with Crippen molar-refractivity contribution in [3.63, 3.8) is 0 Å². The molecule has 10 nitrogen and oxygen atoms in total. The molecular weight excluding hydrogens is 576 g/mol. The average molecular weight is 613 g/mol. The maximum absolute atomic E-state index is 13.0. The van der Waals surface area contributed by atoms with Crippen LogP contribution in [0.1, 0.15) is 56.2 Å². The topological polar surface area (TPSA) is 140 Å². The molecule has 0 saturated carbocycles. The number of halogens is 1. The summed E-state index contributed by atoms with van der Waals surface area (Å²) in [6.07, 6.45) is 4.20. The number of hydrogen-bond donors (Lipinski definition) is 3. The number of nitrogens with two attached hydrogens (primary N) is 1. The fourth-order valence-corrected chi connectivity index (χ4v) is 7.19. The van der Waals surface area contributed by atoms with E-state index in [4.69, 9.17) is 22.1 Å². The zero-order valence-corrected chi connectivity index (χ0v) is 25.8. The van der Waals surface area contributed by atoms with Gasteiger partial charge in [-0.3, -0.25) is 9.69 Å². The lowest BCUT2D eigenvalue weighted by molar-refractivity contribution is -0.119. The van der Waals surface area contributed by atoms with Gasteiger partial charge in [0, 0.05) is 12.0 Å². The van der Waals surface area contributed by atoms with E-state index in [0.29, 0.717) is 24.1 Å². The quantitative estimate of drug-likeness (QED) is 0.301. The molecule has 12 heteroatoms. The first-order valence-corrected chi connectivity index (χ1v) is 16.1. The van der Waals surface area contributed by atoms with Crippen LogP contribution in [0.3, 0.4) is 0 Å². The summed E-state index contributed by atoms with van der Waals surface area (Å²) in [5.41, 5.74) is 10.2. The van der Waals surface area contributed by atoms with Gasteiger partial charge in [0.25, 0.3) is 0 Å². The molecule has 2 aromatic carbocycles. The van der Waals surface area contributed by atoms with Crippen LogP contribution < -0.4 is 21.1 Å². The molecule has 0 bridgehead atoms. The van der Waals surface area contributed by atoms with Crippen LogP contribution >= 0.6 is 11.6 Å². The first-order chi connectivity index (χ1) is 19.9. The summed E-state index contributed by atoms with van der Waals surface area (Å²) in [6, 6.07) is 8.76. The Bertz CT molecular complexity index is 1610. The molecule has 1 unspecified atom stereocenters. The van der Waals surface area contributed by atoms with Crippen LogP contribution in [0.4, 0.5) is 23.1 Å². The minimum absolute atomic E-state index is 0.0267. The molecule has 0 radical (unpaired) electrons. The van der Waals surface area contributed by atoms with E-state index in [9.17, 15) is 13.2 Å². The maximum Gasteiger partial charge on any atom is 0.231 e. The molecule has 42 heavy (non-hydrogen) atoms. The monoisotopic (exact) mass is 612 g/mol. The lowest BCUT2D eigenvalue weighted by Gasteiger charge is -2.33. The molecule has 1 aromatic heterocycles. The summed E-state index contributed by atoms with van der Waals surface area (Å²) in [5.74, 6) is 1.45. The van der Waals surface area contributed by atoms with Crippen molar-refractivity contribution in [1.29, 1.82) is 0 Å². The molecule has 224 valence electrons. The largest absolute Gasteiger partial charge is 0.488 e. The predicted octanol–water partition coefficient (Wildman–Crippen LogP) is 5.10. The Labute approximate surface area is 251 Å². The Kier molecular flexibility index (Phi) is 8.63. The number of aryl methyl sites for hydroxylation is 1. The van der Waals surface area contributed by atoms with Gasteiger partial charge < -0.3 is 21.1 Å². The molecule has 1 fully saturated rings. The Morgan fingerprint density at radius 2 is 1.90 bits per heavy atom. The molecule has 2 aliphatic rings. The Balaban J connectivity index is 1.42. The summed E-state index contributed by atoms with van der Waals surface area (Å²) in [7, 11) is -3.54. The summed E-state index contributed by atoms with van der Waals surface area (Å²) < 4.78 is 32.2. The van der Waals surface area contributed by atoms with Crippen LogP contribution in [0.15, 0.2) is 41.4 Å². The number of sulfone groups is 1. The third-order valence-electron chi connectivity index (χ3n) is 7.87. The van der Waals surface area contributed by atoms with Crippen molar-refractivity contribution < 1.29 is 17.9 Å². The van der Waals surface area contributed by atoms with Gasteiger partial charge >= 0.3 is 0 Å². The fourth-order valence-electron chi connectivity index (χ4n) is 5.85. The number of carbonyl (C=O) groups is 1. The van der Waals surface area contributed by atoms with E-state index in [1.54, 1.807) is 38.1 Å². The summed E-state index contributed by atoms with van der Waals surface area (Å²) in [5, 5.41) is 6.08. The number of likely N-dealkylation sites (tertiary alicyclic amines) is 1. The van der Waals surface area contributed by atoms with Crippen molar-refractivity contribution in [2.45, 2.75) is 69.1 Å². The SMILES string of the molecule is Cc1cc(Nc2ncc(Cl)c(Nc3ccccc3S(=O)(=O)C(C)C)n2)c2c(c1C1CCN(CC(N)=O)CC1)CC(C)O2. The number of fused-ring (bicyclic) bond motifs is 1. The van der Waals surface area contributed by atoms with E-state index < -0.39 is 15.1 Å². The number of rotatable bonds is 9. The highest BCUT2D eigenvalue weighted by atomic mass is 35.5. The van der Waals surface area contributed by atoms with Gasteiger partial charge in [-0.15, -0.1) is 0 Å². The third kappa shape index (κ3) is 6.18. The first-order valence-electron chi connectivity index (χ1n) is 14.2. The highest BCUT2D eigenvalue weighted by molar-refractivity contribution is 7.92. The summed E-state index contributed by atoms with van der Waals surface area (Å²) in [4.78, 5) is 22.6. The number of nitrogens with zero attached hydrogens (tertiary/aromatic N) is 3. The molecule has 1 amide bonds. The van der Waals surface area contributed by atoms with Crippen LogP contribution in [0.25, 0.3) is 0 Å². The first kappa shape index (κ1) is 30.1. The number of hydrogen-bond acceptors (Lipinski definition) is 9. The van der Waals surface area contributed by atoms with Crippen molar-refractivity contribution in [1.82, 2.24) is 14.9 Å². The number of nitrogens with one attached hydrogen (secondary N) is 2. The molecule has 5 rings (SSSR count). The molecule has 4 N–H and O–H groups in total. The van der Waals surface area contributed by atoms with Gasteiger partial charge in [0.15, 0.2) is 15.7 Å². The molecule has 3 heterocycles. The van der Waals surface area contributed by atoms with Crippen LogP contribution in [-0.4, -0.2) is 60.2 Å². The minimum atomic E-state index is -3.54. The third-order valence-corrected chi connectivity index (χ3v) is 10.4. The lowest BCUT2D eigenvalue weighted by Crippen LogP contribution is -2.39. The van der Waals surface area contributed by atoms with E-state index in [0.717, 1.165) is 49.4 Å². The van der Waals surface area contributed by atoms with E-state index >= 15 is 0 Å². The van der Waals surface area contributed by atoms with Crippen LogP contribution in [0.5, 0.6) is 5.75 Å². The number of primary amides is 1. The lowest BCUT2D eigenvalue weighted by atomic mass is 9.82. The van der Waals surface area contributed by atoms with Gasteiger partial charge in [0.1, 0.15) is 16.9 Å². The Morgan fingerprint density at radius 1 is 1.19 bits per heavy atom. The van der Waals surface area contributed by atoms with Gasteiger partial charge in [0.2, 0.25) is 11.9 Å². The van der Waals surface area contributed by atoms with Crippen molar-refractivity contribution in [2.24, 2.45) is 5.73 Å². The van der Waals surface area contributed by atoms with E-state index in [-0.39, 0.29) is 27.7 Å². The van der Waals surface area contributed by atoms with Crippen molar-refractivity contribution >= 4 is 50.5 Å². The fraction of sp³-hybridized carbons (Fsp3) is 0.433. The summed E-state index contributed by atoms with van der Waals surface area (Å²) in [6.45, 7) is 9.41. The Hall–Kier alpha value is -3.41. The second-order valence-corrected chi connectivity index (χ2v) is 14.2. The second-order valence-electron chi connectivity index (χ2n) is 11.3. The van der Waals surface area contributed by atoms with Crippen LogP contribution in [0, 0.1) is 6.92 Å². The number of ether oxygens (including phenoxy) is 1. The zero-order chi connectivity index (χ0) is 30.2. The number of aromatic nitrogens is 2. The number of amides is 1. The van der Waals surface area contributed by atoms with Crippen LogP contribution in [0.2, 0.25) is 5.02 Å². The van der Waals surface area contributed by atoms with Crippen molar-refractivity contribution in [3.05, 3.63) is 58.2 Å². The zero-order valence-electron chi connectivity index (χ0n) is 24.3. The van der Waals surface area contributed by atoms with E-state index in [2.05, 4.69) is 45.4 Å². The number of para-hydroxylation sites is 1. The minimum Gasteiger partial charge on any atom is -0.488 e. The highest BCUT2D eigenvalue weighted by Gasteiger charge is 2.32. The van der Waals surface area contributed by atoms with Gasteiger partial charge in [-0.1, -0.05) is 23.7 Å². The summed E-state index contributed by atoms with van der Waals surface area (Å²) >= 11 is 6.44. The highest BCUT2D eigenvalue weighted by Crippen LogP contribution is 2.46. The van der Waals surface area contributed by atoms with Crippen molar-refractivity contribution in [2.75, 3.05) is 30.3 Å². The molecule has 2 aliphatic heterocycles.